The molecule has 1 N–H and O–H groups in total. The van der Waals surface area contributed by atoms with Crippen molar-refractivity contribution in [1.82, 2.24) is 14.9 Å². The molecule has 112 valence electrons. The molecular formula is C17H18N4O. The summed E-state index contributed by atoms with van der Waals surface area (Å²) >= 11 is 0. The lowest BCUT2D eigenvalue weighted by Crippen LogP contribution is -2.33. The number of nitrogens with one attached hydrogen (secondary N) is 1. The largest absolute Gasteiger partial charge is 0.352 e. The minimum Gasteiger partial charge on any atom is -0.352 e. The predicted octanol–water partition coefficient (Wildman–Crippen LogP) is 2.06. The second kappa shape index (κ2) is 6.02. The minimum absolute atomic E-state index is 0.0732. The number of imidazole rings is 1. The molecule has 2 heterocycles. The molecule has 5 nitrogen and oxygen atoms in total. The van der Waals surface area contributed by atoms with Crippen molar-refractivity contribution >= 4 is 5.91 Å². The zero-order chi connectivity index (χ0) is 15.5. The summed E-state index contributed by atoms with van der Waals surface area (Å²) in [6.07, 6.45) is 5.79. The molecule has 0 spiro atoms. The molecule has 0 bridgehead atoms. The number of fused-ring (bicyclic) bond motifs is 1. The quantitative estimate of drug-likeness (QED) is 0.942. The van der Waals surface area contributed by atoms with Crippen molar-refractivity contribution in [2.45, 2.75) is 26.3 Å². The van der Waals surface area contributed by atoms with E-state index in [2.05, 4.69) is 20.9 Å². The van der Waals surface area contributed by atoms with Crippen molar-refractivity contribution in [2.75, 3.05) is 6.54 Å². The first-order chi connectivity index (χ1) is 10.7. The maximum absolute atomic E-state index is 12.3. The summed E-state index contributed by atoms with van der Waals surface area (Å²) in [6.45, 7) is 3.48. The number of nitriles is 1. The van der Waals surface area contributed by atoms with E-state index in [1.807, 2.05) is 19.3 Å². The normalized spacial score (nSPS) is 16.6. The molecule has 0 aliphatic carbocycles. The monoisotopic (exact) mass is 294 g/mol. The van der Waals surface area contributed by atoms with Crippen LogP contribution in [0.15, 0.2) is 30.6 Å². The Morgan fingerprint density at radius 3 is 3.18 bits per heavy atom. The molecule has 0 saturated carbocycles. The van der Waals surface area contributed by atoms with Crippen LogP contribution in [-0.2, 0) is 13.0 Å². The molecule has 5 heteroatoms. The number of carbonyl (C=O) groups is 1. The molecule has 0 saturated heterocycles. The first-order valence-electron chi connectivity index (χ1n) is 7.46. The number of nitrogens with zero attached hydrogens (tertiary/aromatic N) is 3. The standard InChI is InChI=1S/C17H18N4O/c1-12-8-13(10-18)2-3-15(12)17(22)20-11-14-4-6-21-7-5-19-16(21)9-14/h2-3,5,7-8,14H,4,6,9,11H2,1H3,(H,20,22)/t14-/m0/s1. The van der Waals surface area contributed by atoms with Gasteiger partial charge in [-0.2, -0.15) is 5.26 Å². The van der Waals surface area contributed by atoms with Gasteiger partial charge in [0.25, 0.3) is 5.91 Å². The highest BCUT2D eigenvalue weighted by Gasteiger charge is 2.20. The van der Waals surface area contributed by atoms with Crippen LogP contribution in [0.3, 0.4) is 0 Å². The molecule has 1 aromatic carbocycles. The van der Waals surface area contributed by atoms with Crippen LogP contribution in [0.5, 0.6) is 0 Å². The second-order valence-electron chi connectivity index (χ2n) is 5.75. The van der Waals surface area contributed by atoms with Gasteiger partial charge in [-0.25, -0.2) is 4.98 Å². The van der Waals surface area contributed by atoms with Crippen LogP contribution in [0, 0.1) is 24.2 Å². The number of aryl methyl sites for hydroxylation is 2. The third-order valence-electron chi connectivity index (χ3n) is 4.20. The summed E-state index contributed by atoms with van der Waals surface area (Å²) in [5.74, 6) is 1.45. The fraction of sp³-hybridized carbons (Fsp3) is 0.353. The average Bonchev–Trinajstić information content (AvgIpc) is 3.00. The lowest BCUT2D eigenvalue weighted by atomic mass is 9.97. The Morgan fingerprint density at radius 1 is 1.55 bits per heavy atom. The molecule has 3 rings (SSSR count). The van der Waals surface area contributed by atoms with Crippen LogP contribution in [0.2, 0.25) is 0 Å². The predicted molar refractivity (Wildman–Crippen MR) is 82.3 cm³/mol. The number of hydrogen-bond donors (Lipinski definition) is 1. The van der Waals surface area contributed by atoms with Crippen LogP contribution < -0.4 is 5.32 Å². The van der Waals surface area contributed by atoms with E-state index in [9.17, 15) is 4.79 Å². The first kappa shape index (κ1) is 14.3. The lowest BCUT2D eigenvalue weighted by Gasteiger charge is -2.23. The van der Waals surface area contributed by atoms with E-state index in [0.29, 0.717) is 23.6 Å². The van der Waals surface area contributed by atoms with Crippen molar-refractivity contribution in [3.63, 3.8) is 0 Å². The van der Waals surface area contributed by atoms with Crippen LogP contribution >= 0.6 is 0 Å². The Kier molecular flexibility index (Phi) is 3.92. The van der Waals surface area contributed by atoms with Gasteiger partial charge in [-0.05, 0) is 43.0 Å². The Bertz CT molecular complexity index is 741. The summed E-state index contributed by atoms with van der Waals surface area (Å²) in [5, 5.41) is 11.9. The van der Waals surface area contributed by atoms with Crippen molar-refractivity contribution < 1.29 is 4.79 Å². The summed E-state index contributed by atoms with van der Waals surface area (Å²) in [4.78, 5) is 16.6. The summed E-state index contributed by atoms with van der Waals surface area (Å²) in [7, 11) is 0. The number of rotatable bonds is 3. The second-order valence-corrected chi connectivity index (χ2v) is 5.75. The first-order valence-corrected chi connectivity index (χ1v) is 7.46. The number of aromatic nitrogens is 2. The van der Waals surface area contributed by atoms with Gasteiger partial charge in [-0.3, -0.25) is 4.79 Å². The van der Waals surface area contributed by atoms with E-state index >= 15 is 0 Å². The Balaban J connectivity index is 1.60. The zero-order valence-electron chi connectivity index (χ0n) is 12.5. The molecule has 1 aliphatic rings. The molecule has 22 heavy (non-hydrogen) atoms. The smallest absolute Gasteiger partial charge is 0.251 e. The van der Waals surface area contributed by atoms with Gasteiger partial charge in [-0.15, -0.1) is 0 Å². The lowest BCUT2D eigenvalue weighted by molar-refractivity contribution is 0.0944. The fourth-order valence-electron chi connectivity index (χ4n) is 2.91. The molecule has 0 unspecified atom stereocenters. The minimum atomic E-state index is -0.0732. The van der Waals surface area contributed by atoms with E-state index in [-0.39, 0.29) is 5.91 Å². The van der Waals surface area contributed by atoms with Crippen molar-refractivity contribution in [3.8, 4) is 6.07 Å². The van der Waals surface area contributed by atoms with Crippen LogP contribution in [0.25, 0.3) is 0 Å². The van der Waals surface area contributed by atoms with Crippen LogP contribution in [0.4, 0.5) is 0 Å². The molecule has 2 aromatic rings. The molecular weight excluding hydrogens is 276 g/mol. The van der Waals surface area contributed by atoms with E-state index in [4.69, 9.17) is 5.26 Å². The maximum Gasteiger partial charge on any atom is 0.251 e. The highest BCUT2D eigenvalue weighted by molar-refractivity contribution is 5.95. The van der Waals surface area contributed by atoms with Gasteiger partial charge in [0.15, 0.2) is 0 Å². The van der Waals surface area contributed by atoms with Gasteiger partial charge >= 0.3 is 0 Å². The van der Waals surface area contributed by atoms with Crippen molar-refractivity contribution in [2.24, 2.45) is 5.92 Å². The Labute approximate surface area is 129 Å². The van der Waals surface area contributed by atoms with Gasteiger partial charge in [0.1, 0.15) is 5.82 Å². The highest BCUT2D eigenvalue weighted by atomic mass is 16.1. The molecule has 1 atom stereocenters. The van der Waals surface area contributed by atoms with E-state index < -0.39 is 0 Å². The number of carbonyl (C=O) groups excluding carboxylic acids is 1. The number of hydrogen-bond acceptors (Lipinski definition) is 3. The molecule has 0 fully saturated rings. The molecule has 1 aliphatic heterocycles. The van der Waals surface area contributed by atoms with Gasteiger partial charge in [0.2, 0.25) is 0 Å². The van der Waals surface area contributed by atoms with Gasteiger partial charge < -0.3 is 9.88 Å². The summed E-state index contributed by atoms with van der Waals surface area (Å²) in [6, 6.07) is 7.22. The van der Waals surface area contributed by atoms with Crippen molar-refractivity contribution in [1.29, 1.82) is 5.26 Å². The van der Waals surface area contributed by atoms with Gasteiger partial charge in [-0.1, -0.05) is 0 Å². The van der Waals surface area contributed by atoms with Gasteiger partial charge in [0.05, 0.1) is 11.6 Å². The third kappa shape index (κ3) is 2.86. The SMILES string of the molecule is Cc1cc(C#N)ccc1C(=O)NC[C@H]1CCn2ccnc2C1. The third-order valence-corrected chi connectivity index (χ3v) is 4.20. The van der Waals surface area contributed by atoms with Crippen LogP contribution in [-0.4, -0.2) is 22.0 Å². The Hall–Kier alpha value is -2.61. The number of amides is 1. The van der Waals surface area contributed by atoms with Crippen molar-refractivity contribution in [3.05, 3.63) is 53.1 Å². The van der Waals surface area contributed by atoms with E-state index in [1.165, 1.54) is 0 Å². The van der Waals surface area contributed by atoms with Crippen LogP contribution in [0.1, 0.15) is 33.7 Å². The number of benzene rings is 1. The van der Waals surface area contributed by atoms with E-state index in [1.54, 1.807) is 18.2 Å². The highest BCUT2D eigenvalue weighted by Crippen LogP contribution is 2.18. The topological polar surface area (TPSA) is 70.7 Å². The average molecular weight is 294 g/mol. The summed E-state index contributed by atoms with van der Waals surface area (Å²) < 4.78 is 2.17. The zero-order valence-corrected chi connectivity index (χ0v) is 12.5. The summed E-state index contributed by atoms with van der Waals surface area (Å²) in [5.41, 5.74) is 2.04. The molecule has 0 radical (unpaired) electrons. The molecule has 1 amide bonds. The van der Waals surface area contributed by atoms with Gasteiger partial charge in [0, 0.05) is 37.5 Å². The maximum atomic E-state index is 12.3. The fourth-order valence-corrected chi connectivity index (χ4v) is 2.91. The molecule has 1 aromatic heterocycles. The van der Waals surface area contributed by atoms with E-state index in [0.717, 1.165) is 30.8 Å². The Morgan fingerprint density at radius 2 is 2.41 bits per heavy atom.